The molecule has 1 saturated carbocycles. The van der Waals surface area contributed by atoms with Gasteiger partial charge in [0.1, 0.15) is 23.9 Å². The molecule has 1 saturated heterocycles. The van der Waals surface area contributed by atoms with E-state index in [1.807, 2.05) is 25.1 Å². The van der Waals surface area contributed by atoms with Gasteiger partial charge in [-0.1, -0.05) is 39.8 Å². The predicted molar refractivity (Wildman–Crippen MR) is 230 cm³/mol. The number of hydrogen-bond acceptors (Lipinski definition) is 9. The number of aromatic hydroxyl groups is 1. The Labute approximate surface area is 356 Å². The van der Waals surface area contributed by atoms with Crippen molar-refractivity contribution in [3.8, 4) is 28.1 Å². The maximum absolute atomic E-state index is 15.0. The number of aromatic nitrogens is 2. The van der Waals surface area contributed by atoms with Gasteiger partial charge in [0.25, 0.3) is 11.8 Å². The second-order valence-electron chi connectivity index (χ2n) is 18.1. The first-order chi connectivity index (χ1) is 28.9. The molecule has 0 spiro atoms. The number of likely N-dealkylation sites (N-methyl/N-ethyl adjacent to an activating group) is 1. The summed E-state index contributed by atoms with van der Waals surface area (Å²) >= 11 is 0. The lowest BCUT2D eigenvalue weighted by Crippen LogP contribution is -2.62. The van der Waals surface area contributed by atoms with Crippen molar-refractivity contribution in [3.05, 3.63) is 71.5 Å². The molecule has 13 nitrogen and oxygen atoms in total. The Hall–Kier alpha value is -5.34. The third-order valence-corrected chi connectivity index (χ3v) is 12.4. The molecular formula is C47H59FN6O7. The van der Waals surface area contributed by atoms with Crippen LogP contribution in [0.4, 0.5) is 4.39 Å². The van der Waals surface area contributed by atoms with Gasteiger partial charge in [0.05, 0.1) is 24.1 Å². The minimum absolute atomic E-state index is 0.0248. The summed E-state index contributed by atoms with van der Waals surface area (Å²) in [5.74, 6) is -2.81. The number of nitrogens with zero attached hydrogens (tertiary/aromatic N) is 4. The van der Waals surface area contributed by atoms with Crippen molar-refractivity contribution in [1.29, 1.82) is 0 Å². The number of cyclic esters (lactones) is 1. The molecule has 14 heteroatoms. The second-order valence-corrected chi connectivity index (χ2v) is 18.1. The number of aryl methyl sites for hydroxylation is 1. The van der Waals surface area contributed by atoms with Crippen molar-refractivity contribution < 1.29 is 38.1 Å². The summed E-state index contributed by atoms with van der Waals surface area (Å²) in [6.07, 6.45) is 3.12. The Kier molecular flexibility index (Phi) is 12.3. The van der Waals surface area contributed by atoms with E-state index in [1.54, 1.807) is 39.3 Å². The zero-order valence-corrected chi connectivity index (χ0v) is 36.5. The van der Waals surface area contributed by atoms with Gasteiger partial charge in [0, 0.05) is 61.7 Å². The van der Waals surface area contributed by atoms with Crippen molar-refractivity contribution in [1.82, 2.24) is 30.2 Å². The number of esters is 1. The normalized spacial score (nSPS) is 21.0. The number of rotatable bonds is 9. The lowest BCUT2D eigenvalue weighted by Gasteiger charge is -2.37. The standard InChI is InChI=1S/C47H59FN6O7/c1-9-53-38-15-14-30-24-34(38)35(41(53)33-12-10-18-49-39(33)28(4)60-8)25-46(5,6)26-61-44(58)36-13-11-19-54(51-36)43(57)37(22-29-20-31(30)23-32(55)21-29)50-42(56)40(27(2)3)52(7)45(59)47(48)16-17-47/h10,12,14-15,18,20-21,23-24,27-28,36-37,40,51,55H,9,11,13,16-17,19,22,25-26H2,1-8H3,(H,50,56)/t28-,36-,37-,40?/m0/s1. The van der Waals surface area contributed by atoms with Gasteiger partial charge in [0.15, 0.2) is 5.67 Å². The quantitative estimate of drug-likeness (QED) is 0.162. The van der Waals surface area contributed by atoms with E-state index in [4.69, 9.17) is 14.5 Å². The number of alkyl halides is 1. The number of carbonyl (C=O) groups is 4. The number of nitrogens with one attached hydrogen (secondary N) is 2. The summed E-state index contributed by atoms with van der Waals surface area (Å²) in [6, 6.07) is 12.2. The first kappa shape index (κ1) is 43.7. The van der Waals surface area contributed by atoms with Gasteiger partial charge in [-0.15, -0.1) is 0 Å². The number of fused-ring (bicyclic) bond motifs is 6. The van der Waals surface area contributed by atoms with E-state index in [2.05, 4.69) is 54.3 Å². The monoisotopic (exact) mass is 838 g/mol. The van der Waals surface area contributed by atoms with E-state index in [-0.39, 0.29) is 44.3 Å². The van der Waals surface area contributed by atoms with E-state index in [0.29, 0.717) is 36.9 Å². The van der Waals surface area contributed by atoms with Crippen molar-refractivity contribution in [2.75, 3.05) is 27.3 Å². The largest absolute Gasteiger partial charge is 0.508 e. The molecule has 4 atom stereocenters. The summed E-state index contributed by atoms with van der Waals surface area (Å²) < 4.78 is 29.1. The lowest BCUT2D eigenvalue weighted by molar-refractivity contribution is -0.155. The highest BCUT2D eigenvalue weighted by Gasteiger charge is 2.54. The number of hydrogen-bond donors (Lipinski definition) is 3. The van der Waals surface area contributed by atoms with Gasteiger partial charge in [-0.2, -0.15) is 0 Å². The molecule has 3 amide bonds. The lowest BCUT2D eigenvalue weighted by atomic mass is 9.84. The minimum Gasteiger partial charge on any atom is -0.508 e. The summed E-state index contributed by atoms with van der Waals surface area (Å²) in [5, 5.41) is 16.5. The van der Waals surface area contributed by atoms with Crippen LogP contribution < -0.4 is 10.7 Å². The number of ether oxygens (including phenoxy) is 2. The zero-order chi connectivity index (χ0) is 44.0. The summed E-state index contributed by atoms with van der Waals surface area (Å²) in [4.78, 5) is 61.6. The van der Waals surface area contributed by atoms with Crippen molar-refractivity contribution in [2.24, 2.45) is 11.3 Å². The molecule has 2 aliphatic heterocycles. The Morgan fingerprint density at radius 2 is 1.87 bits per heavy atom. The molecule has 61 heavy (non-hydrogen) atoms. The molecule has 3 N–H and O–H groups in total. The molecule has 2 aromatic carbocycles. The average Bonchev–Trinajstić information content (AvgIpc) is 3.92. The SMILES string of the molecule is CCn1c(-c2cccnc2[C@H](C)OC)c2c3cc(ccc31)-c1cc(O)cc(c1)C[C@H](NC(=O)C(C(C)C)N(C)C(=O)C1(F)CC1)C(=O)N1CCC[C@H](N1)C(=O)OCC(C)(C)C2. The number of amides is 3. The molecule has 2 aromatic heterocycles. The van der Waals surface area contributed by atoms with Gasteiger partial charge < -0.3 is 29.4 Å². The van der Waals surface area contributed by atoms with Crippen LogP contribution in [0.5, 0.6) is 5.75 Å². The van der Waals surface area contributed by atoms with E-state index in [9.17, 15) is 28.7 Å². The maximum Gasteiger partial charge on any atom is 0.324 e. The number of phenols is 1. The zero-order valence-electron chi connectivity index (χ0n) is 36.5. The molecule has 4 aromatic rings. The minimum atomic E-state index is -1.98. The molecule has 6 bridgehead atoms. The van der Waals surface area contributed by atoms with E-state index in [1.165, 1.54) is 12.1 Å². The Morgan fingerprint density at radius 3 is 2.56 bits per heavy atom. The van der Waals surface area contributed by atoms with Gasteiger partial charge >= 0.3 is 5.97 Å². The van der Waals surface area contributed by atoms with E-state index in [0.717, 1.165) is 43.9 Å². The van der Waals surface area contributed by atoms with Crippen molar-refractivity contribution in [3.63, 3.8) is 0 Å². The Balaban J connectivity index is 1.36. The topological polar surface area (TPSA) is 155 Å². The first-order valence-corrected chi connectivity index (χ1v) is 21.4. The Bertz CT molecular complexity index is 2340. The molecule has 4 heterocycles. The maximum atomic E-state index is 15.0. The van der Waals surface area contributed by atoms with Crippen LogP contribution in [0.2, 0.25) is 0 Å². The number of halogens is 1. The number of pyridine rings is 1. The molecule has 7 rings (SSSR count). The number of hydrazine groups is 1. The summed E-state index contributed by atoms with van der Waals surface area (Å²) in [6.45, 7) is 12.8. The highest BCUT2D eigenvalue weighted by molar-refractivity contribution is 5.97. The van der Waals surface area contributed by atoms with Crippen molar-refractivity contribution >= 4 is 34.6 Å². The van der Waals surface area contributed by atoms with Gasteiger partial charge in [-0.05, 0) is 111 Å². The van der Waals surface area contributed by atoms with Gasteiger partial charge in [-0.3, -0.25) is 29.2 Å². The molecule has 3 aliphatic rings. The summed E-state index contributed by atoms with van der Waals surface area (Å²) in [5.41, 5.74) is 7.44. The Morgan fingerprint density at radius 1 is 1.11 bits per heavy atom. The van der Waals surface area contributed by atoms with Crippen LogP contribution in [-0.2, 0) is 48.0 Å². The first-order valence-electron chi connectivity index (χ1n) is 21.4. The predicted octanol–water partition coefficient (Wildman–Crippen LogP) is 6.44. The summed E-state index contributed by atoms with van der Waals surface area (Å²) in [7, 11) is 3.08. The molecule has 0 radical (unpaired) electrons. The molecular weight excluding hydrogens is 780 g/mol. The highest BCUT2D eigenvalue weighted by Crippen LogP contribution is 2.43. The van der Waals surface area contributed by atoms with Crippen LogP contribution in [0.3, 0.4) is 0 Å². The molecule has 1 unspecified atom stereocenters. The number of benzene rings is 2. The van der Waals surface area contributed by atoms with Crippen LogP contribution >= 0.6 is 0 Å². The number of phenolic OH excluding ortho intramolecular Hbond substituents is 1. The van der Waals surface area contributed by atoms with E-state index < -0.39 is 58.8 Å². The van der Waals surface area contributed by atoms with Gasteiger partial charge in [-0.25, -0.2) is 9.82 Å². The number of carbonyl (C=O) groups excluding carboxylic acids is 4. The molecule has 1 aliphatic carbocycles. The van der Waals surface area contributed by atoms with Crippen LogP contribution in [0, 0.1) is 11.3 Å². The highest BCUT2D eigenvalue weighted by atomic mass is 19.1. The average molecular weight is 839 g/mol. The van der Waals surface area contributed by atoms with Crippen LogP contribution in [0.25, 0.3) is 33.3 Å². The third kappa shape index (κ3) is 8.88. The van der Waals surface area contributed by atoms with Gasteiger partial charge in [0.2, 0.25) is 5.91 Å². The number of methoxy groups -OCH3 is 1. The van der Waals surface area contributed by atoms with Crippen molar-refractivity contribution in [2.45, 2.75) is 117 Å². The smallest absolute Gasteiger partial charge is 0.324 e. The third-order valence-electron chi connectivity index (χ3n) is 12.4. The fraction of sp³-hybridized carbons (Fsp3) is 0.511. The van der Waals surface area contributed by atoms with Crippen LogP contribution in [0.15, 0.2) is 54.7 Å². The molecule has 326 valence electrons. The fourth-order valence-electron chi connectivity index (χ4n) is 9.02. The van der Waals surface area contributed by atoms with Crippen LogP contribution in [-0.4, -0.2) is 99.4 Å². The van der Waals surface area contributed by atoms with Crippen LogP contribution in [0.1, 0.15) is 90.2 Å². The van der Waals surface area contributed by atoms with E-state index >= 15 is 0 Å². The fourth-order valence-corrected chi connectivity index (χ4v) is 9.02. The second kappa shape index (κ2) is 17.2. The molecule has 2 fully saturated rings.